The van der Waals surface area contributed by atoms with Crippen molar-refractivity contribution in [2.75, 3.05) is 13.2 Å². The SMILES string of the molecule is CC(C)(C)OC(=O)N[C@@H](CC12CC3CC(CC(C3)C1)C2)C(=O)N[C@H](CCCN=C(N)N)C(=O)N[C@@H](Cc1ccccc1)C(=O)N[C@@H](CCCCOC(N)=O)C(N)=O. The molecule has 4 atom stereocenters. The smallest absolute Gasteiger partial charge is 0.408 e. The van der Waals surface area contributed by atoms with Crippen LogP contribution in [0.2, 0.25) is 0 Å². The van der Waals surface area contributed by atoms with E-state index in [0.29, 0.717) is 43.4 Å². The Balaban J connectivity index is 1.55. The summed E-state index contributed by atoms with van der Waals surface area (Å²) in [5.41, 5.74) is 21.5. The van der Waals surface area contributed by atoms with Crippen molar-refractivity contribution < 1.29 is 38.2 Å². The monoisotopic (exact) mass is 797 g/mol. The van der Waals surface area contributed by atoms with E-state index in [1.165, 1.54) is 19.3 Å². The van der Waals surface area contributed by atoms with Crippen LogP contribution in [0.15, 0.2) is 35.3 Å². The molecule has 0 saturated heterocycles. The molecule has 5 rings (SSSR count). The highest BCUT2D eigenvalue weighted by atomic mass is 16.6. The van der Waals surface area contributed by atoms with Crippen LogP contribution in [0.25, 0.3) is 0 Å². The van der Waals surface area contributed by atoms with Crippen LogP contribution in [0.5, 0.6) is 0 Å². The van der Waals surface area contributed by atoms with Gasteiger partial charge >= 0.3 is 12.2 Å². The third-order valence-corrected chi connectivity index (χ3v) is 11.1. The molecule has 12 N–H and O–H groups in total. The van der Waals surface area contributed by atoms with Crippen LogP contribution >= 0.6 is 0 Å². The van der Waals surface area contributed by atoms with Crippen molar-refractivity contribution in [1.82, 2.24) is 21.3 Å². The molecule has 6 amide bonds. The van der Waals surface area contributed by atoms with Gasteiger partial charge in [-0.2, -0.15) is 0 Å². The third kappa shape index (κ3) is 14.7. The zero-order chi connectivity index (χ0) is 41.8. The van der Waals surface area contributed by atoms with Gasteiger partial charge < -0.3 is 53.7 Å². The standard InChI is InChI=1S/C40H63N9O8/c1-39(2,3)57-38(55)49-31(23-40-20-25-16-26(21-40)18-27(17-25)22-40)35(53)47-29(13-9-14-45-36(42)43)33(51)48-30(19-24-10-5-4-6-11-24)34(52)46-28(32(41)50)12-7-8-15-56-37(44)54/h4-6,10-11,25-31H,7-9,12-23H2,1-3H3,(H2,41,50)(H2,44,54)(H,46,52)(H,47,53)(H,48,51)(H,49,55)(H4,42,43,45)/t25?,26?,27?,28-,29+,30-,31-,40?/m0/s1. The zero-order valence-corrected chi connectivity index (χ0v) is 33.6. The number of hydrogen-bond acceptors (Lipinski definition) is 9. The normalized spacial score (nSPS) is 22.8. The molecule has 0 unspecified atom stereocenters. The van der Waals surface area contributed by atoms with E-state index in [4.69, 9.17) is 32.4 Å². The van der Waals surface area contributed by atoms with E-state index >= 15 is 0 Å². The molecule has 4 saturated carbocycles. The molecule has 17 nitrogen and oxygen atoms in total. The number of guanidine groups is 1. The molecule has 0 aliphatic heterocycles. The van der Waals surface area contributed by atoms with Gasteiger partial charge in [-0.15, -0.1) is 0 Å². The average Bonchev–Trinajstić information content (AvgIpc) is 3.10. The Hall–Kier alpha value is -5.09. The highest BCUT2D eigenvalue weighted by Gasteiger charge is 2.52. The molecule has 4 aliphatic carbocycles. The van der Waals surface area contributed by atoms with Gasteiger partial charge in [-0.25, -0.2) is 9.59 Å². The van der Waals surface area contributed by atoms with Crippen LogP contribution in [0, 0.1) is 23.2 Å². The number of nitrogens with zero attached hydrogens (tertiary/aromatic N) is 1. The second-order valence-corrected chi connectivity index (χ2v) is 17.2. The molecule has 4 fully saturated rings. The van der Waals surface area contributed by atoms with E-state index in [-0.39, 0.29) is 43.8 Å². The third-order valence-electron chi connectivity index (χ3n) is 11.1. The number of benzene rings is 1. The van der Waals surface area contributed by atoms with Crippen molar-refractivity contribution in [1.29, 1.82) is 0 Å². The number of nitrogens with two attached hydrogens (primary N) is 4. The van der Waals surface area contributed by atoms with E-state index in [2.05, 4.69) is 26.3 Å². The summed E-state index contributed by atoms with van der Waals surface area (Å²) >= 11 is 0. The molecule has 1 aromatic carbocycles. The predicted molar refractivity (Wildman–Crippen MR) is 213 cm³/mol. The number of rotatable bonds is 21. The molecule has 0 aromatic heterocycles. The lowest BCUT2D eigenvalue weighted by Gasteiger charge is -2.57. The number of primary amides is 2. The Bertz CT molecular complexity index is 1560. The molecule has 316 valence electrons. The Labute approximate surface area is 334 Å². The fraction of sp³-hybridized carbons (Fsp3) is 0.675. The van der Waals surface area contributed by atoms with Crippen molar-refractivity contribution in [3.63, 3.8) is 0 Å². The van der Waals surface area contributed by atoms with Gasteiger partial charge in [0.1, 0.15) is 29.8 Å². The van der Waals surface area contributed by atoms with Gasteiger partial charge in [0.05, 0.1) is 6.61 Å². The van der Waals surface area contributed by atoms with Crippen LogP contribution in [-0.2, 0) is 35.1 Å². The molecule has 4 aliphatic rings. The first kappa shape index (κ1) is 44.6. The predicted octanol–water partition coefficient (Wildman–Crippen LogP) is 1.99. The van der Waals surface area contributed by atoms with E-state index in [1.807, 2.05) is 6.07 Å². The summed E-state index contributed by atoms with van der Waals surface area (Å²) in [6, 6.07) is 4.58. The maximum Gasteiger partial charge on any atom is 0.408 e. The van der Waals surface area contributed by atoms with Gasteiger partial charge in [-0.05, 0) is 127 Å². The second-order valence-electron chi connectivity index (χ2n) is 17.2. The topological polar surface area (TPSA) is 285 Å². The first-order valence-corrected chi connectivity index (χ1v) is 20.1. The van der Waals surface area contributed by atoms with Crippen LogP contribution < -0.4 is 44.2 Å². The molecule has 0 radical (unpaired) electrons. The fourth-order valence-electron chi connectivity index (χ4n) is 9.19. The van der Waals surface area contributed by atoms with E-state index in [0.717, 1.165) is 24.8 Å². The lowest BCUT2D eigenvalue weighted by atomic mass is 9.48. The fourth-order valence-corrected chi connectivity index (χ4v) is 9.19. The zero-order valence-electron chi connectivity index (χ0n) is 33.6. The highest BCUT2D eigenvalue weighted by molar-refractivity contribution is 5.95. The first-order valence-electron chi connectivity index (χ1n) is 20.1. The molecule has 0 heterocycles. The van der Waals surface area contributed by atoms with Crippen LogP contribution in [0.3, 0.4) is 0 Å². The Morgan fingerprint density at radius 1 is 0.737 bits per heavy atom. The number of aliphatic imine (C=N–C) groups is 1. The quantitative estimate of drug-likeness (QED) is 0.0509. The molecule has 1 aromatic rings. The summed E-state index contributed by atoms with van der Waals surface area (Å²) in [7, 11) is 0. The van der Waals surface area contributed by atoms with Gasteiger partial charge in [-0.1, -0.05) is 30.3 Å². The summed E-state index contributed by atoms with van der Waals surface area (Å²) in [5.74, 6) is -0.959. The number of amides is 6. The van der Waals surface area contributed by atoms with Crippen molar-refractivity contribution in [3.8, 4) is 0 Å². The van der Waals surface area contributed by atoms with Crippen molar-refractivity contribution in [3.05, 3.63) is 35.9 Å². The maximum atomic E-state index is 14.3. The van der Waals surface area contributed by atoms with Crippen LogP contribution in [-0.4, -0.2) is 84.7 Å². The molecule has 0 spiro atoms. The van der Waals surface area contributed by atoms with E-state index < -0.39 is 65.6 Å². The van der Waals surface area contributed by atoms with Gasteiger partial charge in [0, 0.05) is 13.0 Å². The maximum absolute atomic E-state index is 14.3. The van der Waals surface area contributed by atoms with Crippen LogP contribution in [0.1, 0.15) is 103 Å². The minimum atomic E-state index is -1.18. The largest absolute Gasteiger partial charge is 0.450 e. The Morgan fingerprint density at radius 2 is 1.28 bits per heavy atom. The number of ether oxygens (including phenoxy) is 2. The number of hydrogen-bond donors (Lipinski definition) is 8. The van der Waals surface area contributed by atoms with Crippen molar-refractivity contribution >= 4 is 41.8 Å². The minimum Gasteiger partial charge on any atom is -0.450 e. The number of alkyl carbamates (subject to hydrolysis) is 1. The van der Waals surface area contributed by atoms with Gasteiger partial charge in [0.25, 0.3) is 0 Å². The van der Waals surface area contributed by atoms with Crippen molar-refractivity contribution in [2.45, 2.75) is 134 Å². The summed E-state index contributed by atoms with van der Waals surface area (Å²) < 4.78 is 10.3. The van der Waals surface area contributed by atoms with Gasteiger partial charge in [-0.3, -0.25) is 24.2 Å². The summed E-state index contributed by atoms with van der Waals surface area (Å²) in [6.45, 7) is 5.44. The summed E-state index contributed by atoms with van der Waals surface area (Å²) in [5, 5.41) is 11.2. The number of unbranched alkanes of at least 4 members (excludes halogenated alkanes) is 1. The summed E-state index contributed by atoms with van der Waals surface area (Å²) in [4.78, 5) is 82.9. The minimum absolute atomic E-state index is 0.0361. The lowest BCUT2D eigenvalue weighted by Crippen LogP contribution is -2.59. The summed E-state index contributed by atoms with van der Waals surface area (Å²) in [6.07, 6.45) is 6.70. The second kappa shape index (κ2) is 20.4. The number of carbonyl (C=O) groups is 6. The Morgan fingerprint density at radius 3 is 1.84 bits per heavy atom. The Kier molecular flexibility index (Phi) is 15.9. The highest BCUT2D eigenvalue weighted by Crippen LogP contribution is 2.61. The lowest BCUT2D eigenvalue weighted by molar-refractivity contribution is -0.134. The molecule has 17 heteroatoms. The van der Waals surface area contributed by atoms with Crippen LogP contribution in [0.4, 0.5) is 9.59 Å². The molecular formula is C40H63N9O8. The van der Waals surface area contributed by atoms with Gasteiger partial charge in [0.2, 0.25) is 23.6 Å². The molecular weight excluding hydrogens is 734 g/mol. The van der Waals surface area contributed by atoms with E-state index in [1.54, 1.807) is 45.0 Å². The van der Waals surface area contributed by atoms with E-state index in [9.17, 15) is 28.8 Å². The number of carbonyl (C=O) groups excluding carboxylic acids is 6. The molecule has 57 heavy (non-hydrogen) atoms. The number of nitrogens with one attached hydrogen (secondary N) is 4. The molecule has 4 bridgehead atoms. The van der Waals surface area contributed by atoms with Crippen molar-refractivity contribution in [2.24, 2.45) is 51.1 Å². The average molecular weight is 798 g/mol. The first-order chi connectivity index (χ1) is 26.9. The van der Waals surface area contributed by atoms with Gasteiger partial charge in [0.15, 0.2) is 5.96 Å².